The van der Waals surface area contributed by atoms with Crippen LogP contribution < -0.4 is 0 Å². The number of piperidine rings is 1. The van der Waals surface area contributed by atoms with Crippen LogP contribution in [0.4, 0.5) is 0 Å². The zero-order chi connectivity index (χ0) is 24.9. The van der Waals surface area contributed by atoms with E-state index < -0.39 is 0 Å². The Balaban J connectivity index is 2.31. The summed E-state index contributed by atoms with van der Waals surface area (Å²) in [7, 11) is 0. The zero-order valence-corrected chi connectivity index (χ0v) is 22.1. The van der Waals surface area contributed by atoms with Crippen LogP contribution in [0.3, 0.4) is 0 Å². The molecule has 1 aliphatic heterocycles. The maximum atomic E-state index is 12.1. The first-order valence-corrected chi connectivity index (χ1v) is 14.1. The Morgan fingerprint density at radius 1 is 0.735 bits per heavy atom. The van der Waals surface area contributed by atoms with Crippen LogP contribution in [0, 0.1) is 5.92 Å². The van der Waals surface area contributed by atoms with Crippen LogP contribution >= 0.6 is 0 Å². The Hall–Kier alpha value is -1.43. The van der Waals surface area contributed by atoms with Crippen molar-refractivity contribution in [3.63, 3.8) is 0 Å². The van der Waals surface area contributed by atoms with Crippen LogP contribution in [0.1, 0.15) is 123 Å². The summed E-state index contributed by atoms with van der Waals surface area (Å²) in [5.41, 5.74) is 0. The lowest BCUT2D eigenvalue weighted by Gasteiger charge is -2.26. The first kappa shape index (κ1) is 30.6. The second kappa shape index (κ2) is 20.9. The first-order chi connectivity index (χ1) is 16.5. The fraction of sp³-hybridized carbons (Fsp3) is 0.893. The summed E-state index contributed by atoms with van der Waals surface area (Å²) in [4.78, 5) is 38.0. The summed E-state index contributed by atoms with van der Waals surface area (Å²) in [6, 6.07) is 0. The van der Waals surface area contributed by atoms with Gasteiger partial charge in [0.2, 0.25) is 0 Å². The highest BCUT2D eigenvalue weighted by Crippen LogP contribution is 2.15. The Labute approximate surface area is 208 Å². The van der Waals surface area contributed by atoms with Crippen LogP contribution in [0.25, 0.3) is 0 Å². The largest absolute Gasteiger partial charge is 0.465 e. The van der Waals surface area contributed by atoms with E-state index in [2.05, 4.69) is 18.7 Å². The Morgan fingerprint density at radius 2 is 1.24 bits per heavy atom. The zero-order valence-electron chi connectivity index (χ0n) is 22.1. The third-order valence-corrected chi connectivity index (χ3v) is 6.68. The number of likely N-dealkylation sites (tertiary alicyclic amines) is 1. The summed E-state index contributed by atoms with van der Waals surface area (Å²) >= 11 is 0. The standard InChI is InChI=1S/C28H51NO5/c1-3-5-7-9-11-16-27(31)33-23-25(24-34-28(32)17-12-10-8-6-4-2)15-13-14-20-29-21-18-26(30)19-22-29/h25H,3-24H2,1-2H3. The number of ketones is 1. The van der Waals surface area contributed by atoms with Gasteiger partial charge in [-0.2, -0.15) is 0 Å². The number of esters is 2. The van der Waals surface area contributed by atoms with Crippen molar-refractivity contribution in [3.8, 4) is 0 Å². The molecule has 0 unspecified atom stereocenters. The Bertz CT molecular complexity index is 511. The van der Waals surface area contributed by atoms with E-state index in [4.69, 9.17) is 9.47 Å². The summed E-state index contributed by atoms with van der Waals surface area (Å²) in [6.45, 7) is 7.75. The van der Waals surface area contributed by atoms with Crippen LogP contribution in [-0.4, -0.2) is 55.5 Å². The number of carbonyl (C=O) groups is 3. The molecule has 1 heterocycles. The Morgan fingerprint density at radius 3 is 1.74 bits per heavy atom. The maximum absolute atomic E-state index is 12.1. The molecule has 0 saturated carbocycles. The van der Waals surface area contributed by atoms with Crippen LogP contribution in [0.15, 0.2) is 0 Å². The lowest BCUT2D eigenvalue weighted by Crippen LogP contribution is -2.34. The van der Waals surface area contributed by atoms with Gasteiger partial charge in [-0.1, -0.05) is 71.6 Å². The number of nitrogens with zero attached hydrogens (tertiary/aromatic N) is 1. The number of rotatable bonds is 21. The minimum atomic E-state index is -0.137. The number of carbonyl (C=O) groups excluding carboxylic acids is 3. The quantitative estimate of drug-likeness (QED) is 0.143. The van der Waals surface area contributed by atoms with Gasteiger partial charge in [0.1, 0.15) is 5.78 Å². The van der Waals surface area contributed by atoms with Gasteiger partial charge in [-0.15, -0.1) is 0 Å². The van der Waals surface area contributed by atoms with Crippen LogP contribution in [-0.2, 0) is 23.9 Å². The summed E-state index contributed by atoms with van der Waals surface area (Å²) in [5.74, 6) is 0.148. The van der Waals surface area contributed by atoms with Crippen molar-refractivity contribution >= 4 is 17.7 Å². The topological polar surface area (TPSA) is 72.9 Å². The fourth-order valence-electron chi connectivity index (χ4n) is 4.32. The van der Waals surface area contributed by atoms with E-state index in [0.29, 0.717) is 44.7 Å². The van der Waals surface area contributed by atoms with Gasteiger partial charge in [-0.25, -0.2) is 0 Å². The fourth-order valence-corrected chi connectivity index (χ4v) is 4.32. The molecule has 0 radical (unpaired) electrons. The first-order valence-electron chi connectivity index (χ1n) is 14.1. The summed E-state index contributed by atoms with van der Waals surface area (Å²) in [6.07, 6.45) is 16.3. The van der Waals surface area contributed by atoms with Crippen molar-refractivity contribution < 1.29 is 23.9 Å². The molecule has 6 heteroatoms. The van der Waals surface area contributed by atoms with Crippen molar-refractivity contribution in [2.75, 3.05) is 32.8 Å². The van der Waals surface area contributed by atoms with Gasteiger partial charge >= 0.3 is 11.9 Å². The smallest absolute Gasteiger partial charge is 0.305 e. The molecule has 1 saturated heterocycles. The average molecular weight is 482 g/mol. The van der Waals surface area contributed by atoms with Crippen LogP contribution in [0.2, 0.25) is 0 Å². The van der Waals surface area contributed by atoms with Crippen molar-refractivity contribution in [2.45, 2.75) is 123 Å². The second-order valence-corrected chi connectivity index (χ2v) is 9.94. The van der Waals surface area contributed by atoms with Gasteiger partial charge in [-0.05, 0) is 32.2 Å². The average Bonchev–Trinajstić information content (AvgIpc) is 2.83. The minimum Gasteiger partial charge on any atom is -0.465 e. The maximum Gasteiger partial charge on any atom is 0.305 e. The number of hydrogen-bond donors (Lipinski definition) is 0. The minimum absolute atomic E-state index is 0.0519. The summed E-state index contributed by atoms with van der Waals surface area (Å²) < 4.78 is 11.1. The molecule has 0 spiro atoms. The van der Waals surface area contributed by atoms with Gasteiger partial charge in [0, 0.05) is 44.7 Å². The third kappa shape index (κ3) is 17.1. The molecule has 0 bridgehead atoms. The molecule has 198 valence electrons. The number of Topliss-reactive ketones (excluding diaryl/α,β-unsaturated/α-hetero) is 1. The molecular formula is C28H51NO5. The van der Waals surface area contributed by atoms with Gasteiger partial charge in [0.25, 0.3) is 0 Å². The molecule has 0 amide bonds. The van der Waals surface area contributed by atoms with Gasteiger partial charge < -0.3 is 14.4 Å². The predicted molar refractivity (Wildman–Crippen MR) is 137 cm³/mol. The van der Waals surface area contributed by atoms with E-state index >= 15 is 0 Å². The van der Waals surface area contributed by atoms with Gasteiger partial charge in [0.15, 0.2) is 0 Å². The van der Waals surface area contributed by atoms with Crippen molar-refractivity contribution in [1.29, 1.82) is 0 Å². The molecule has 0 aliphatic carbocycles. The highest BCUT2D eigenvalue weighted by molar-refractivity contribution is 5.79. The molecule has 34 heavy (non-hydrogen) atoms. The van der Waals surface area contributed by atoms with Crippen molar-refractivity contribution in [2.24, 2.45) is 5.92 Å². The molecule has 0 aromatic heterocycles. The van der Waals surface area contributed by atoms with E-state index in [0.717, 1.165) is 64.6 Å². The van der Waals surface area contributed by atoms with E-state index in [-0.39, 0.29) is 17.9 Å². The molecule has 0 atom stereocenters. The lowest BCUT2D eigenvalue weighted by atomic mass is 10.0. The monoisotopic (exact) mass is 481 g/mol. The van der Waals surface area contributed by atoms with E-state index in [1.165, 1.54) is 38.5 Å². The van der Waals surface area contributed by atoms with E-state index in [1.54, 1.807) is 0 Å². The van der Waals surface area contributed by atoms with Gasteiger partial charge in [-0.3, -0.25) is 14.4 Å². The van der Waals surface area contributed by atoms with E-state index in [1.807, 2.05) is 0 Å². The Kier molecular flexibility index (Phi) is 18.8. The normalized spacial score (nSPS) is 14.5. The van der Waals surface area contributed by atoms with Gasteiger partial charge in [0.05, 0.1) is 13.2 Å². The number of ether oxygens (including phenoxy) is 2. The van der Waals surface area contributed by atoms with E-state index in [9.17, 15) is 14.4 Å². The highest BCUT2D eigenvalue weighted by atomic mass is 16.5. The molecule has 6 nitrogen and oxygen atoms in total. The van der Waals surface area contributed by atoms with Crippen molar-refractivity contribution in [1.82, 2.24) is 4.90 Å². The second-order valence-electron chi connectivity index (χ2n) is 9.94. The number of unbranched alkanes of at least 4 members (excludes halogenated alkanes) is 9. The molecule has 1 aliphatic rings. The molecular weight excluding hydrogens is 430 g/mol. The highest BCUT2D eigenvalue weighted by Gasteiger charge is 2.17. The molecule has 0 aromatic rings. The van der Waals surface area contributed by atoms with Crippen molar-refractivity contribution in [3.05, 3.63) is 0 Å². The molecule has 0 N–H and O–H groups in total. The summed E-state index contributed by atoms with van der Waals surface area (Å²) in [5, 5.41) is 0. The lowest BCUT2D eigenvalue weighted by molar-refractivity contribution is -0.149. The third-order valence-electron chi connectivity index (χ3n) is 6.68. The molecule has 0 aromatic carbocycles. The molecule has 1 fully saturated rings. The SMILES string of the molecule is CCCCCCCC(=O)OCC(CCCCN1CCC(=O)CC1)COC(=O)CCCCCCC. The predicted octanol–water partition coefficient (Wildman–Crippen LogP) is 6.25. The molecule has 1 rings (SSSR count). The van der Waals surface area contributed by atoms with Crippen LogP contribution in [0.5, 0.6) is 0 Å². The number of hydrogen-bond acceptors (Lipinski definition) is 6.